The Labute approximate surface area is 101 Å². The Bertz CT molecular complexity index is 410. The molecule has 1 atom stereocenters. The van der Waals surface area contributed by atoms with Crippen LogP contribution in [-0.4, -0.2) is 17.9 Å². The molecular weight excluding hydrogens is 217 g/mol. The average Bonchev–Trinajstić information content (AvgIpc) is 2.79. The van der Waals surface area contributed by atoms with E-state index in [1.165, 1.54) is 6.07 Å². The van der Waals surface area contributed by atoms with Crippen LogP contribution < -0.4 is 5.32 Å². The lowest BCUT2D eigenvalue weighted by molar-refractivity contribution is 0.0853. The number of hydrogen-bond donors (Lipinski definition) is 1. The Kier molecular flexibility index (Phi) is 3.57. The minimum Gasteiger partial charge on any atom is -0.305 e. The van der Waals surface area contributed by atoms with Crippen LogP contribution in [0, 0.1) is 5.82 Å². The van der Waals surface area contributed by atoms with Crippen LogP contribution in [0.15, 0.2) is 24.3 Å². The Morgan fingerprint density at radius 3 is 2.82 bits per heavy atom. The third kappa shape index (κ3) is 2.25. The van der Waals surface area contributed by atoms with Gasteiger partial charge in [-0.1, -0.05) is 25.5 Å². The maximum absolute atomic E-state index is 13.7. The van der Waals surface area contributed by atoms with Gasteiger partial charge in [-0.05, 0) is 37.9 Å². The smallest absolute Gasteiger partial charge is 0.185 e. The van der Waals surface area contributed by atoms with E-state index in [1.807, 2.05) is 0 Å². The molecule has 1 aromatic carbocycles. The number of halogens is 1. The number of carbonyl (C=O) groups excluding carboxylic acids is 1. The summed E-state index contributed by atoms with van der Waals surface area (Å²) in [5.74, 6) is -0.503. The summed E-state index contributed by atoms with van der Waals surface area (Å²) in [4.78, 5) is 12.5. The zero-order valence-electron chi connectivity index (χ0n) is 10.1. The Morgan fingerprint density at radius 1 is 1.47 bits per heavy atom. The fourth-order valence-corrected chi connectivity index (χ4v) is 2.66. The first-order valence-electron chi connectivity index (χ1n) is 6.24. The lowest BCUT2D eigenvalue weighted by Gasteiger charge is -2.27. The van der Waals surface area contributed by atoms with Crippen molar-refractivity contribution in [2.24, 2.45) is 0 Å². The number of Topliss-reactive ketones (excluding diaryl/α,β-unsaturated/α-hetero) is 1. The lowest BCUT2D eigenvalue weighted by atomic mass is 9.84. The minimum atomic E-state index is -0.531. The average molecular weight is 235 g/mol. The molecule has 1 unspecified atom stereocenters. The van der Waals surface area contributed by atoms with Crippen LogP contribution in [0.3, 0.4) is 0 Å². The van der Waals surface area contributed by atoms with Crippen LogP contribution in [0.25, 0.3) is 0 Å². The zero-order valence-corrected chi connectivity index (χ0v) is 10.1. The number of rotatable bonds is 4. The summed E-state index contributed by atoms with van der Waals surface area (Å²) in [6, 6.07) is 6.25. The Hall–Kier alpha value is -1.22. The van der Waals surface area contributed by atoms with Crippen molar-refractivity contribution in [2.45, 2.75) is 38.1 Å². The number of benzene rings is 1. The standard InChI is InChI=1S/C14H18FNO/c1-2-8-14(9-5-10-16-14)13(17)11-6-3-4-7-12(11)15/h3-4,6-7,16H,2,5,8-10H2,1H3. The van der Waals surface area contributed by atoms with Crippen molar-refractivity contribution in [3.05, 3.63) is 35.6 Å². The Balaban J connectivity index is 2.32. The van der Waals surface area contributed by atoms with Crippen molar-refractivity contribution in [2.75, 3.05) is 6.54 Å². The molecule has 0 amide bonds. The summed E-state index contributed by atoms with van der Waals surface area (Å²) >= 11 is 0. The molecule has 1 aromatic rings. The zero-order chi connectivity index (χ0) is 12.3. The van der Waals surface area contributed by atoms with Gasteiger partial charge in [-0.3, -0.25) is 4.79 Å². The van der Waals surface area contributed by atoms with Gasteiger partial charge in [-0.25, -0.2) is 4.39 Å². The monoisotopic (exact) mass is 235 g/mol. The minimum absolute atomic E-state index is 0.0880. The van der Waals surface area contributed by atoms with E-state index in [9.17, 15) is 9.18 Å². The fraction of sp³-hybridized carbons (Fsp3) is 0.500. The molecule has 1 heterocycles. The topological polar surface area (TPSA) is 29.1 Å². The molecule has 1 N–H and O–H groups in total. The van der Waals surface area contributed by atoms with E-state index in [0.717, 1.165) is 32.2 Å². The van der Waals surface area contributed by atoms with Crippen LogP contribution in [0.1, 0.15) is 43.0 Å². The molecule has 2 rings (SSSR count). The quantitative estimate of drug-likeness (QED) is 0.813. The summed E-state index contributed by atoms with van der Waals surface area (Å²) in [6.45, 7) is 2.90. The predicted molar refractivity (Wildman–Crippen MR) is 65.6 cm³/mol. The largest absolute Gasteiger partial charge is 0.305 e. The molecule has 0 bridgehead atoms. The normalized spacial score (nSPS) is 23.9. The van der Waals surface area contributed by atoms with Gasteiger partial charge in [0.15, 0.2) is 5.78 Å². The van der Waals surface area contributed by atoms with Crippen molar-refractivity contribution in [3.63, 3.8) is 0 Å². The summed E-state index contributed by atoms with van der Waals surface area (Å²) in [5, 5.41) is 3.28. The molecule has 1 saturated heterocycles. The molecular formula is C14H18FNO. The highest BCUT2D eigenvalue weighted by atomic mass is 19.1. The van der Waals surface area contributed by atoms with Crippen molar-refractivity contribution < 1.29 is 9.18 Å². The maximum Gasteiger partial charge on any atom is 0.185 e. The summed E-state index contributed by atoms with van der Waals surface area (Å²) < 4.78 is 13.7. The third-order valence-electron chi connectivity index (χ3n) is 3.47. The highest BCUT2D eigenvalue weighted by Gasteiger charge is 2.40. The van der Waals surface area contributed by atoms with Crippen LogP contribution in [-0.2, 0) is 0 Å². The molecule has 17 heavy (non-hydrogen) atoms. The molecule has 2 nitrogen and oxygen atoms in total. The van der Waals surface area contributed by atoms with Gasteiger partial charge in [0.2, 0.25) is 0 Å². The van der Waals surface area contributed by atoms with Gasteiger partial charge in [-0.15, -0.1) is 0 Å². The van der Waals surface area contributed by atoms with Crippen LogP contribution >= 0.6 is 0 Å². The first-order valence-corrected chi connectivity index (χ1v) is 6.24. The maximum atomic E-state index is 13.7. The summed E-state index contributed by atoms with van der Waals surface area (Å²) in [7, 11) is 0. The van der Waals surface area contributed by atoms with E-state index in [4.69, 9.17) is 0 Å². The van der Waals surface area contributed by atoms with Gasteiger partial charge in [0.25, 0.3) is 0 Å². The van der Waals surface area contributed by atoms with Crippen molar-refractivity contribution in [3.8, 4) is 0 Å². The molecule has 0 radical (unpaired) electrons. The molecule has 3 heteroatoms. The van der Waals surface area contributed by atoms with Gasteiger partial charge in [0.1, 0.15) is 5.82 Å². The van der Waals surface area contributed by atoms with E-state index < -0.39 is 11.4 Å². The molecule has 1 aliphatic heterocycles. The van der Waals surface area contributed by atoms with Crippen molar-refractivity contribution >= 4 is 5.78 Å². The van der Waals surface area contributed by atoms with Crippen LogP contribution in [0.2, 0.25) is 0 Å². The summed E-state index contributed by atoms with van der Waals surface area (Å²) in [6.07, 6.45) is 3.50. The van der Waals surface area contributed by atoms with E-state index in [2.05, 4.69) is 12.2 Å². The fourth-order valence-electron chi connectivity index (χ4n) is 2.66. The highest BCUT2D eigenvalue weighted by molar-refractivity contribution is 6.03. The molecule has 0 aromatic heterocycles. The van der Waals surface area contributed by atoms with Gasteiger partial charge >= 0.3 is 0 Å². The number of ketones is 1. The second-order valence-electron chi connectivity index (χ2n) is 4.67. The first kappa shape index (κ1) is 12.2. The molecule has 0 saturated carbocycles. The van der Waals surface area contributed by atoms with Crippen LogP contribution in [0.5, 0.6) is 0 Å². The van der Waals surface area contributed by atoms with Crippen molar-refractivity contribution in [1.82, 2.24) is 5.32 Å². The molecule has 92 valence electrons. The van der Waals surface area contributed by atoms with Gasteiger partial charge in [0, 0.05) is 0 Å². The van der Waals surface area contributed by atoms with E-state index in [0.29, 0.717) is 0 Å². The lowest BCUT2D eigenvalue weighted by Crippen LogP contribution is -2.47. The van der Waals surface area contributed by atoms with E-state index >= 15 is 0 Å². The van der Waals surface area contributed by atoms with E-state index in [-0.39, 0.29) is 11.3 Å². The van der Waals surface area contributed by atoms with Crippen LogP contribution in [0.4, 0.5) is 4.39 Å². The van der Waals surface area contributed by atoms with Gasteiger partial charge in [-0.2, -0.15) is 0 Å². The molecule has 1 fully saturated rings. The number of nitrogens with one attached hydrogen (secondary N) is 1. The molecule has 0 aliphatic carbocycles. The first-order chi connectivity index (χ1) is 8.19. The van der Waals surface area contributed by atoms with E-state index in [1.54, 1.807) is 18.2 Å². The summed E-state index contributed by atoms with van der Waals surface area (Å²) in [5.41, 5.74) is -0.313. The third-order valence-corrected chi connectivity index (χ3v) is 3.47. The van der Waals surface area contributed by atoms with Crippen molar-refractivity contribution in [1.29, 1.82) is 0 Å². The second-order valence-corrected chi connectivity index (χ2v) is 4.67. The Morgan fingerprint density at radius 2 is 2.24 bits per heavy atom. The SMILES string of the molecule is CCCC1(C(=O)c2ccccc2F)CCCN1. The predicted octanol–water partition coefficient (Wildman–Crippen LogP) is 2.93. The molecule has 1 aliphatic rings. The molecule has 0 spiro atoms. The van der Waals surface area contributed by atoms with Gasteiger partial charge in [0.05, 0.1) is 11.1 Å². The highest BCUT2D eigenvalue weighted by Crippen LogP contribution is 2.29. The second kappa shape index (κ2) is 4.96. The van der Waals surface area contributed by atoms with Gasteiger partial charge < -0.3 is 5.32 Å². The number of hydrogen-bond acceptors (Lipinski definition) is 2. The number of carbonyl (C=O) groups is 1.